The maximum atomic E-state index is 13.0. The number of aromatic nitrogens is 1. The molecule has 0 spiro atoms. The van der Waals surface area contributed by atoms with Crippen LogP contribution in [-0.4, -0.2) is 4.98 Å². The number of rotatable bonds is 1. The average Bonchev–Trinajstić information content (AvgIpc) is 2.18. The van der Waals surface area contributed by atoms with Crippen LogP contribution in [0.1, 0.15) is 5.56 Å². The van der Waals surface area contributed by atoms with Crippen LogP contribution in [0.15, 0.2) is 37.0 Å². The summed E-state index contributed by atoms with van der Waals surface area (Å²) >= 11 is 5.94. The van der Waals surface area contributed by atoms with Gasteiger partial charge in [0, 0.05) is 17.1 Å². The van der Waals surface area contributed by atoms with Crippen LogP contribution in [0, 0.1) is 0 Å². The molecular weight excluding hydrogens is 201 g/mol. The molecule has 1 nitrogen and oxygen atoms in total. The molecule has 0 N–H and O–H groups in total. The highest BCUT2D eigenvalue weighted by Gasteiger charge is 2.07. The molecule has 0 saturated carbocycles. The van der Waals surface area contributed by atoms with Crippen molar-refractivity contribution in [2.24, 2.45) is 0 Å². The Labute approximate surface area is 85.8 Å². The maximum absolute atomic E-state index is 13.0. The molecule has 0 aliphatic heterocycles. The van der Waals surface area contributed by atoms with E-state index in [1.54, 1.807) is 30.5 Å². The van der Waals surface area contributed by atoms with Gasteiger partial charge in [-0.2, -0.15) is 0 Å². The van der Waals surface area contributed by atoms with Gasteiger partial charge in [-0.05, 0) is 24.3 Å². The van der Waals surface area contributed by atoms with Crippen molar-refractivity contribution in [3.63, 3.8) is 0 Å². The number of fused-ring (bicyclic) bond motifs is 1. The molecule has 0 bridgehead atoms. The fourth-order valence-electron chi connectivity index (χ4n) is 1.36. The number of halogens is 2. The minimum Gasteiger partial charge on any atom is -0.255 e. The van der Waals surface area contributed by atoms with Gasteiger partial charge in [-0.1, -0.05) is 18.2 Å². The summed E-state index contributed by atoms with van der Waals surface area (Å²) in [6, 6.07) is 6.79. The quantitative estimate of drug-likeness (QED) is 0.693. The van der Waals surface area contributed by atoms with Gasteiger partial charge in [0.15, 0.2) is 0 Å². The zero-order valence-electron chi connectivity index (χ0n) is 7.30. The van der Waals surface area contributed by atoms with E-state index >= 15 is 0 Å². The van der Waals surface area contributed by atoms with Crippen LogP contribution in [-0.2, 0) is 0 Å². The van der Waals surface area contributed by atoms with Crippen molar-refractivity contribution in [1.29, 1.82) is 0 Å². The first-order valence-corrected chi connectivity index (χ1v) is 4.46. The summed E-state index contributed by atoms with van der Waals surface area (Å²) in [5, 5.41) is 1.31. The molecule has 1 heterocycles. The SMILES string of the molecule is C=C(F)c1ccc(Cl)c2cccnc12. The van der Waals surface area contributed by atoms with E-state index in [1.807, 2.05) is 0 Å². The minimum absolute atomic E-state index is 0.394. The predicted octanol–water partition coefficient (Wildman–Crippen LogP) is 3.83. The molecule has 3 heteroatoms. The normalized spacial score (nSPS) is 10.4. The Morgan fingerprint density at radius 1 is 1.36 bits per heavy atom. The Hall–Kier alpha value is -1.41. The first-order chi connectivity index (χ1) is 6.70. The van der Waals surface area contributed by atoms with E-state index in [1.165, 1.54) is 0 Å². The maximum Gasteiger partial charge on any atom is 0.125 e. The lowest BCUT2D eigenvalue weighted by Gasteiger charge is -2.03. The third-order valence-electron chi connectivity index (χ3n) is 2.01. The predicted molar refractivity (Wildman–Crippen MR) is 56.9 cm³/mol. The zero-order chi connectivity index (χ0) is 10.1. The minimum atomic E-state index is -0.495. The van der Waals surface area contributed by atoms with Gasteiger partial charge in [-0.3, -0.25) is 4.98 Å². The van der Waals surface area contributed by atoms with E-state index in [2.05, 4.69) is 11.6 Å². The van der Waals surface area contributed by atoms with Crippen LogP contribution in [0.4, 0.5) is 4.39 Å². The zero-order valence-corrected chi connectivity index (χ0v) is 8.05. The highest BCUT2D eigenvalue weighted by Crippen LogP contribution is 2.28. The number of hydrogen-bond acceptors (Lipinski definition) is 1. The molecule has 0 atom stereocenters. The fraction of sp³-hybridized carbons (Fsp3) is 0. The molecule has 0 aliphatic carbocycles. The Morgan fingerprint density at radius 3 is 2.86 bits per heavy atom. The van der Waals surface area contributed by atoms with Crippen LogP contribution in [0.5, 0.6) is 0 Å². The molecule has 0 aliphatic rings. The number of benzene rings is 1. The molecule has 2 aromatic rings. The Bertz CT molecular complexity index is 508. The van der Waals surface area contributed by atoms with Crippen LogP contribution in [0.25, 0.3) is 16.7 Å². The van der Waals surface area contributed by atoms with Crippen LogP contribution in [0.2, 0.25) is 5.02 Å². The van der Waals surface area contributed by atoms with Gasteiger partial charge in [0.25, 0.3) is 0 Å². The topological polar surface area (TPSA) is 12.9 Å². The smallest absolute Gasteiger partial charge is 0.125 e. The molecular formula is C11H7ClFN. The first-order valence-electron chi connectivity index (χ1n) is 4.08. The van der Waals surface area contributed by atoms with Gasteiger partial charge in [-0.25, -0.2) is 4.39 Å². The monoisotopic (exact) mass is 207 g/mol. The van der Waals surface area contributed by atoms with Crippen LogP contribution >= 0.6 is 11.6 Å². The van der Waals surface area contributed by atoms with Crippen LogP contribution in [0.3, 0.4) is 0 Å². The summed E-state index contributed by atoms with van der Waals surface area (Å²) in [4.78, 5) is 4.08. The third-order valence-corrected chi connectivity index (χ3v) is 2.34. The van der Waals surface area contributed by atoms with Crippen molar-refractivity contribution in [2.45, 2.75) is 0 Å². The summed E-state index contributed by atoms with van der Waals surface area (Å²) in [7, 11) is 0. The molecule has 1 aromatic heterocycles. The largest absolute Gasteiger partial charge is 0.255 e. The molecule has 2 rings (SSSR count). The lowest BCUT2D eigenvalue weighted by Crippen LogP contribution is -1.85. The molecule has 70 valence electrons. The summed E-state index contributed by atoms with van der Waals surface area (Å²) in [5.74, 6) is -0.495. The lowest BCUT2D eigenvalue weighted by atomic mass is 10.1. The van der Waals surface area contributed by atoms with Crippen molar-refractivity contribution >= 4 is 28.3 Å². The Morgan fingerprint density at radius 2 is 2.14 bits per heavy atom. The van der Waals surface area contributed by atoms with E-state index in [9.17, 15) is 4.39 Å². The van der Waals surface area contributed by atoms with Crippen molar-refractivity contribution in [2.75, 3.05) is 0 Å². The van der Waals surface area contributed by atoms with Gasteiger partial charge in [0.2, 0.25) is 0 Å². The van der Waals surface area contributed by atoms with Gasteiger partial charge < -0.3 is 0 Å². The molecule has 0 saturated heterocycles. The van der Waals surface area contributed by atoms with E-state index in [-0.39, 0.29) is 0 Å². The standard InChI is InChI=1S/C11H7ClFN/c1-7(13)8-4-5-10(12)9-3-2-6-14-11(8)9/h2-6H,1H2. The second-order valence-corrected chi connectivity index (χ2v) is 3.31. The third kappa shape index (κ3) is 1.38. The lowest BCUT2D eigenvalue weighted by molar-refractivity contribution is 0.764. The second kappa shape index (κ2) is 3.39. The van der Waals surface area contributed by atoms with Crippen molar-refractivity contribution < 1.29 is 4.39 Å². The first kappa shape index (κ1) is 9.16. The molecule has 0 radical (unpaired) electrons. The summed E-state index contributed by atoms with van der Waals surface area (Å²) in [6.07, 6.45) is 1.60. The highest BCUT2D eigenvalue weighted by molar-refractivity contribution is 6.35. The molecule has 1 aromatic carbocycles. The summed E-state index contributed by atoms with van der Waals surface area (Å²) < 4.78 is 13.0. The molecule has 0 fully saturated rings. The van der Waals surface area contributed by atoms with E-state index < -0.39 is 5.83 Å². The fourth-order valence-corrected chi connectivity index (χ4v) is 1.57. The summed E-state index contributed by atoms with van der Waals surface area (Å²) in [5.41, 5.74) is 0.942. The second-order valence-electron chi connectivity index (χ2n) is 2.90. The molecule has 0 unspecified atom stereocenters. The van der Waals surface area contributed by atoms with Crippen molar-refractivity contribution in [3.05, 3.63) is 47.6 Å². The number of pyridine rings is 1. The number of hydrogen-bond donors (Lipinski definition) is 0. The van der Waals surface area contributed by atoms with Crippen molar-refractivity contribution in [1.82, 2.24) is 4.98 Å². The van der Waals surface area contributed by atoms with Gasteiger partial charge in [0.1, 0.15) is 5.83 Å². The van der Waals surface area contributed by atoms with Crippen LogP contribution < -0.4 is 0 Å². The molecule has 0 amide bonds. The van der Waals surface area contributed by atoms with Crippen molar-refractivity contribution in [3.8, 4) is 0 Å². The average molecular weight is 208 g/mol. The van der Waals surface area contributed by atoms with Gasteiger partial charge in [0.05, 0.1) is 10.5 Å². The Balaban J connectivity index is 2.88. The van der Waals surface area contributed by atoms with E-state index in [4.69, 9.17) is 11.6 Å². The number of nitrogens with zero attached hydrogens (tertiary/aromatic N) is 1. The van der Waals surface area contributed by atoms with E-state index in [0.717, 1.165) is 5.39 Å². The molecule has 14 heavy (non-hydrogen) atoms. The summed E-state index contributed by atoms with van der Waals surface area (Å²) in [6.45, 7) is 3.26. The van der Waals surface area contributed by atoms with E-state index in [0.29, 0.717) is 16.1 Å². The van der Waals surface area contributed by atoms with Gasteiger partial charge in [-0.15, -0.1) is 0 Å². The Kier molecular flexibility index (Phi) is 2.22. The highest BCUT2D eigenvalue weighted by atomic mass is 35.5. The van der Waals surface area contributed by atoms with Gasteiger partial charge >= 0.3 is 0 Å².